The summed E-state index contributed by atoms with van der Waals surface area (Å²) in [7, 11) is 0. The van der Waals surface area contributed by atoms with Crippen LogP contribution in [0.5, 0.6) is 0 Å². The zero-order valence-electron chi connectivity index (χ0n) is 14.1. The minimum atomic E-state index is -0.234. The van der Waals surface area contributed by atoms with E-state index in [1.54, 1.807) is 6.07 Å². The van der Waals surface area contributed by atoms with Crippen molar-refractivity contribution in [3.8, 4) is 0 Å². The molecule has 0 aliphatic rings. The maximum atomic E-state index is 12.3. The second-order valence-electron chi connectivity index (χ2n) is 5.89. The quantitative estimate of drug-likeness (QED) is 0.893. The van der Waals surface area contributed by atoms with Gasteiger partial charge in [-0.15, -0.1) is 0 Å². The van der Waals surface area contributed by atoms with Gasteiger partial charge in [-0.1, -0.05) is 35.9 Å². The van der Waals surface area contributed by atoms with Crippen LogP contribution in [0.3, 0.4) is 0 Å². The number of anilines is 1. The number of rotatable bonds is 5. The van der Waals surface area contributed by atoms with Crippen molar-refractivity contribution < 1.29 is 9.59 Å². The number of halogens is 1. The zero-order chi connectivity index (χ0) is 17.7. The molecule has 0 heterocycles. The third-order valence-corrected chi connectivity index (χ3v) is 3.97. The molecule has 0 unspecified atom stereocenters. The maximum Gasteiger partial charge on any atom is 0.244 e. The molecule has 0 aliphatic heterocycles. The lowest BCUT2D eigenvalue weighted by molar-refractivity contribution is -0.133. The topological polar surface area (TPSA) is 49.4 Å². The van der Waals surface area contributed by atoms with Gasteiger partial charge < -0.3 is 10.2 Å². The predicted octanol–water partition coefficient (Wildman–Crippen LogP) is 3.94. The fourth-order valence-electron chi connectivity index (χ4n) is 2.53. The molecule has 0 fully saturated rings. The van der Waals surface area contributed by atoms with Gasteiger partial charge in [0.05, 0.1) is 0 Å². The summed E-state index contributed by atoms with van der Waals surface area (Å²) in [5, 5.41) is 3.43. The standard InChI is InChI=1S/C19H21ClN2O2/c1-13-8-14(2)10-17(9-13)21-19(24)12-22(15(3)23)11-16-6-4-5-7-18(16)20/h4-10H,11-12H2,1-3H3,(H,21,24). The van der Waals surface area contributed by atoms with E-state index in [1.807, 2.05) is 50.2 Å². The van der Waals surface area contributed by atoms with Gasteiger partial charge in [-0.2, -0.15) is 0 Å². The van der Waals surface area contributed by atoms with Crippen LogP contribution in [0.25, 0.3) is 0 Å². The van der Waals surface area contributed by atoms with Gasteiger partial charge in [-0.3, -0.25) is 9.59 Å². The maximum absolute atomic E-state index is 12.3. The number of aryl methyl sites for hydroxylation is 2. The summed E-state index contributed by atoms with van der Waals surface area (Å²) in [6.45, 7) is 5.67. The molecule has 5 heteroatoms. The molecule has 2 aromatic rings. The largest absolute Gasteiger partial charge is 0.329 e. The minimum absolute atomic E-state index is 0.0203. The summed E-state index contributed by atoms with van der Waals surface area (Å²) in [4.78, 5) is 25.6. The van der Waals surface area contributed by atoms with E-state index in [4.69, 9.17) is 11.6 Å². The van der Waals surface area contributed by atoms with Crippen LogP contribution in [0.1, 0.15) is 23.6 Å². The molecule has 1 N–H and O–H groups in total. The average Bonchev–Trinajstić information content (AvgIpc) is 2.47. The lowest BCUT2D eigenvalue weighted by Gasteiger charge is -2.21. The summed E-state index contributed by atoms with van der Waals surface area (Å²) >= 11 is 6.14. The van der Waals surface area contributed by atoms with Crippen molar-refractivity contribution >= 4 is 29.1 Å². The second-order valence-corrected chi connectivity index (χ2v) is 6.30. The van der Waals surface area contributed by atoms with Crippen LogP contribution in [0.15, 0.2) is 42.5 Å². The Labute approximate surface area is 147 Å². The minimum Gasteiger partial charge on any atom is -0.329 e. The number of benzene rings is 2. The number of hydrogen-bond acceptors (Lipinski definition) is 2. The van der Waals surface area contributed by atoms with E-state index >= 15 is 0 Å². The number of hydrogen-bond donors (Lipinski definition) is 1. The number of amides is 2. The van der Waals surface area contributed by atoms with Gasteiger partial charge in [0.25, 0.3) is 0 Å². The van der Waals surface area contributed by atoms with E-state index in [0.29, 0.717) is 11.6 Å². The van der Waals surface area contributed by atoms with Gasteiger partial charge >= 0.3 is 0 Å². The van der Waals surface area contributed by atoms with E-state index < -0.39 is 0 Å². The summed E-state index contributed by atoms with van der Waals surface area (Å²) in [5.74, 6) is -0.409. The Morgan fingerprint density at radius 3 is 2.29 bits per heavy atom. The monoisotopic (exact) mass is 344 g/mol. The van der Waals surface area contributed by atoms with Crippen molar-refractivity contribution in [2.45, 2.75) is 27.3 Å². The van der Waals surface area contributed by atoms with E-state index in [9.17, 15) is 9.59 Å². The molecule has 2 rings (SSSR count). The molecule has 0 saturated heterocycles. The van der Waals surface area contributed by atoms with Crippen molar-refractivity contribution in [3.63, 3.8) is 0 Å². The highest BCUT2D eigenvalue weighted by Gasteiger charge is 2.15. The van der Waals surface area contributed by atoms with E-state index in [1.165, 1.54) is 11.8 Å². The molecule has 0 bridgehead atoms. The number of nitrogens with one attached hydrogen (secondary N) is 1. The van der Waals surface area contributed by atoms with Crippen LogP contribution in [0, 0.1) is 13.8 Å². The van der Waals surface area contributed by atoms with Gasteiger partial charge in [0.1, 0.15) is 6.54 Å². The first-order valence-corrected chi connectivity index (χ1v) is 8.10. The van der Waals surface area contributed by atoms with Crippen molar-refractivity contribution in [3.05, 3.63) is 64.2 Å². The molecular formula is C19H21ClN2O2. The van der Waals surface area contributed by atoms with Gasteiger partial charge in [0.2, 0.25) is 11.8 Å². The molecule has 0 atom stereocenters. The highest BCUT2D eigenvalue weighted by atomic mass is 35.5. The lowest BCUT2D eigenvalue weighted by atomic mass is 10.1. The first-order chi connectivity index (χ1) is 11.3. The van der Waals surface area contributed by atoms with Crippen molar-refractivity contribution in [1.29, 1.82) is 0 Å². The Morgan fingerprint density at radius 1 is 1.08 bits per heavy atom. The van der Waals surface area contributed by atoms with E-state index in [0.717, 1.165) is 22.4 Å². The Morgan fingerprint density at radius 2 is 1.71 bits per heavy atom. The smallest absolute Gasteiger partial charge is 0.244 e. The van der Waals surface area contributed by atoms with Crippen LogP contribution in [0.4, 0.5) is 5.69 Å². The van der Waals surface area contributed by atoms with Crippen LogP contribution < -0.4 is 5.32 Å². The average molecular weight is 345 g/mol. The Bertz CT molecular complexity index is 739. The molecule has 0 aliphatic carbocycles. The first kappa shape index (κ1) is 18.0. The molecule has 0 spiro atoms. The number of carbonyl (C=O) groups excluding carboxylic acids is 2. The fraction of sp³-hybridized carbons (Fsp3) is 0.263. The van der Waals surface area contributed by atoms with Gasteiger partial charge in [-0.05, 0) is 48.7 Å². The number of carbonyl (C=O) groups is 2. The van der Waals surface area contributed by atoms with Crippen LogP contribution >= 0.6 is 11.6 Å². The third-order valence-electron chi connectivity index (χ3n) is 3.60. The molecule has 4 nitrogen and oxygen atoms in total. The highest BCUT2D eigenvalue weighted by molar-refractivity contribution is 6.31. The Hall–Kier alpha value is -2.33. The SMILES string of the molecule is CC(=O)N(CC(=O)Nc1cc(C)cc(C)c1)Cc1ccccc1Cl. The van der Waals surface area contributed by atoms with Crippen LogP contribution in [-0.2, 0) is 16.1 Å². The van der Waals surface area contributed by atoms with E-state index in [2.05, 4.69) is 5.32 Å². The second kappa shape index (κ2) is 7.97. The molecule has 2 aromatic carbocycles. The molecule has 0 radical (unpaired) electrons. The van der Waals surface area contributed by atoms with Gasteiger partial charge in [-0.25, -0.2) is 0 Å². The zero-order valence-corrected chi connectivity index (χ0v) is 14.9. The van der Waals surface area contributed by atoms with Crippen molar-refractivity contribution in [2.75, 3.05) is 11.9 Å². The molecule has 126 valence electrons. The lowest BCUT2D eigenvalue weighted by Crippen LogP contribution is -2.36. The first-order valence-electron chi connectivity index (χ1n) is 7.72. The Balaban J connectivity index is 2.06. The molecule has 0 saturated carbocycles. The van der Waals surface area contributed by atoms with Gasteiger partial charge in [0, 0.05) is 24.2 Å². The van der Waals surface area contributed by atoms with Crippen molar-refractivity contribution in [1.82, 2.24) is 4.90 Å². The molecule has 2 amide bonds. The van der Waals surface area contributed by atoms with Crippen molar-refractivity contribution in [2.24, 2.45) is 0 Å². The van der Waals surface area contributed by atoms with Gasteiger partial charge in [0.15, 0.2) is 0 Å². The van der Waals surface area contributed by atoms with Crippen LogP contribution in [0.2, 0.25) is 5.02 Å². The molecule has 0 aromatic heterocycles. The molecular weight excluding hydrogens is 324 g/mol. The highest BCUT2D eigenvalue weighted by Crippen LogP contribution is 2.18. The molecule has 24 heavy (non-hydrogen) atoms. The summed E-state index contributed by atoms with van der Waals surface area (Å²) in [6, 6.07) is 13.1. The summed E-state index contributed by atoms with van der Waals surface area (Å²) in [5.41, 5.74) is 3.70. The Kier molecular flexibility index (Phi) is 5.99. The normalized spacial score (nSPS) is 10.3. The summed E-state index contributed by atoms with van der Waals surface area (Å²) in [6.07, 6.45) is 0. The summed E-state index contributed by atoms with van der Waals surface area (Å²) < 4.78 is 0. The fourth-order valence-corrected chi connectivity index (χ4v) is 2.73. The predicted molar refractivity (Wildman–Crippen MR) is 97.1 cm³/mol. The number of nitrogens with zero attached hydrogens (tertiary/aromatic N) is 1. The van der Waals surface area contributed by atoms with Crippen LogP contribution in [-0.4, -0.2) is 23.3 Å². The third kappa shape index (κ3) is 5.10. The van der Waals surface area contributed by atoms with E-state index in [-0.39, 0.29) is 18.4 Å².